The second kappa shape index (κ2) is 8.27. The Bertz CT molecular complexity index is 543. The van der Waals surface area contributed by atoms with Gasteiger partial charge in [-0.2, -0.15) is 0 Å². The van der Waals surface area contributed by atoms with E-state index >= 15 is 0 Å². The molecular formula is C14H20ClNO3S. The van der Waals surface area contributed by atoms with E-state index in [9.17, 15) is 13.2 Å². The molecule has 0 fully saturated rings. The number of rotatable bonds is 8. The van der Waals surface area contributed by atoms with E-state index in [1.165, 1.54) is 12.1 Å². The van der Waals surface area contributed by atoms with Crippen molar-refractivity contribution in [2.24, 2.45) is 0 Å². The Morgan fingerprint density at radius 3 is 2.55 bits per heavy atom. The maximum Gasteiger partial charge on any atom is 0.251 e. The Balaban J connectivity index is 2.48. The standard InChI is InChI=1S/C14H20ClNO3S/c1-20(18,19)13-8-6-7-12(11-13)14(17)16-10-5-3-2-4-9-15/h6-8,11H,2-5,9-10H2,1H3,(H,16,17). The molecule has 1 rings (SSSR count). The fourth-order valence-corrected chi connectivity index (χ4v) is 2.60. The number of hydrogen-bond acceptors (Lipinski definition) is 3. The van der Waals surface area contributed by atoms with E-state index in [0.717, 1.165) is 31.9 Å². The molecule has 1 N–H and O–H groups in total. The predicted octanol–water partition coefficient (Wildman–Crippen LogP) is 2.62. The van der Waals surface area contributed by atoms with Gasteiger partial charge in [-0.05, 0) is 31.0 Å². The Morgan fingerprint density at radius 2 is 1.90 bits per heavy atom. The number of halogens is 1. The zero-order valence-electron chi connectivity index (χ0n) is 11.6. The van der Waals surface area contributed by atoms with Crippen LogP contribution in [-0.4, -0.2) is 33.0 Å². The van der Waals surface area contributed by atoms with Crippen LogP contribution in [-0.2, 0) is 9.84 Å². The van der Waals surface area contributed by atoms with Gasteiger partial charge in [-0.3, -0.25) is 4.79 Å². The summed E-state index contributed by atoms with van der Waals surface area (Å²) in [6.45, 7) is 0.588. The molecule has 0 aromatic heterocycles. The average molecular weight is 318 g/mol. The second-order valence-electron chi connectivity index (χ2n) is 4.66. The van der Waals surface area contributed by atoms with Crippen molar-refractivity contribution in [2.45, 2.75) is 30.6 Å². The third-order valence-corrected chi connectivity index (χ3v) is 4.25. The van der Waals surface area contributed by atoms with Gasteiger partial charge in [0, 0.05) is 24.2 Å². The topological polar surface area (TPSA) is 63.2 Å². The molecule has 0 spiro atoms. The zero-order chi connectivity index (χ0) is 15.0. The van der Waals surface area contributed by atoms with Crippen molar-refractivity contribution in [1.29, 1.82) is 0 Å². The molecule has 20 heavy (non-hydrogen) atoms. The fourth-order valence-electron chi connectivity index (χ4n) is 1.75. The molecule has 1 aromatic rings. The van der Waals surface area contributed by atoms with Crippen molar-refractivity contribution in [3.05, 3.63) is 29.8 Å². The average Bonchev–Trinajstić information content (AvgIpc) is 2.41. The largest absolute Gasteiger partial charge is 0.352 e. The van der Waals surface area contributed by atoms with Gasteiger partial charge in [-0.15, -0.1) is 11.6 Å². The molecule has 0 unspecified atom stereocenters. The summed E-state index contributed by atoms with van der Waals surface area (Å²) in [5.41, 5.74) is 0.369. The Kier molecular flexibility index (Phi) is 7.02. The summed E-state index contributed by atoms with van der Waals surface area (Å²) < 4.78 is 22.9. The van der Waals surface area contributed by atoms with E-state index < -0.39 is 9.84 Å². The van der Waals surface area contributed by atoms with Gasteiger partial charge in [0.15, 0.2) is 9.84 Å². The number of amides is 1. The highest BCUT2D eigenvalue weighted by Gasteiger charge is 2.11. The van der Waals surface area contributed by atoms with Crippen LogP contribution in [0, 0.1) is 0 Å². The van der Waals surface area contributed by atoms with Crippen molar-refractivity contribution in [3.8, 4) is 0 Å². The first kappa shape index (κ1) is 17.0. The minimum Gasteiger partial charge on any atom is -0.352 e. The SMILES string of the molecule is CS(=O)(=O)c1cccc(C(=O)NCCCCCCCl)c1. The first-order chi connectivity index (χ1) is 9.45. The minimum absolute atomic E-state index is 0.160. The van der Waals surface area contributed by atoms with Gasteiger partial charge in [-0.25, -0.2) is 8.42 Å². The van der Waals surface area contributed by atoms with Gasteiger partial charge in [0.05, 0.1) is 4.90 Å². The molecule has 4 nitrogen and oxygen atoms in total. The second-order valence-corrected chi connectivity index (χ2v) is 7.05. The van der Waals surface area contributed by atoms with Gasteiger partial charge in [0.2, 0.25) is 0 Å². The van der Waals surface area contributed by atoms with Crippen molar-refractivity contribution in [1.82, 2.24) is 5.32 Å². The molecule has 1 aromatic carbocycles. The maximum atomic E-state index is 11.9. The van der Waals surface area contributed by atoms with Crippen molar-refractivity contribution in [3.63, 3.8) is 0 Å². The summed E-state index contributed by atoms with van der Waals surface area (Å²) in [6, 6.07) is 6.07. The molecule has 0 radical (unpaired) electrons. The lowest BCUT2D eigenvalue weighted by Gasteiger charge is -2.06. The van der Waals surface area contributed by atoms with Crippen molar-refractivity contribution < 1.29 is 13.2 Å². The molecular weight excluding hydrogens is 298 g/mol. The summed E-state index contributed by atoms with van der Waals surface area (Å²) in [5.74, 6) is 0.429. The lowest BCUT2D eigenvalue weighted by atomic mass is 10.2. The Labute approximate surface area is 125 Å². The molecule has 1 amide bonds. The highest BCUT2D eigenvalue weighted by molar-refractivity contribution is 7.90. The summed E-state index contributed by atoms with van der Waals surface area (Å²) in [5, 5.41) is 2.79. The summed E-state index contributed by atoms with van der Waals surface area (Å²) in [6.07, 6.45) is 5.10. The summed E-state index contributed by atoms with van der Waals surface area (Å²) in [4.78, 5) is 12.0. The van der Waals surface area contributed by atoms with E-state index in [1.807, 2.05) is 0 Å². The molecule has 112 valence electrons. The van der Waals surface area contributed by atoms with E-state index in [2.05, 4.69) is 5.32 Å². The molecule has 0 saturated heterocycles. The van der Waals surface area contributed by atoms with Gasteiger partial charge in [-0.1, -0.05) is 18.9 Å². The molecule has 0 aliphatic carbocycles. The number of carbonyl (C=O) groups excluding carboxylic acids is 1. The molecule has 0 saturated carbocycles. The Morgan fingerprint density at radius 1 is 1.20 bits per heavy atom. The lowest BCUT2D eigenvalue weighted by Crippen LogP contribution is -2.24. The van der Waals surface area contributed by atoms with Crippen LogP contribution in [0.1, 0.15) is 36.0 Å². The monoisotopic (exact) mass is 317 g/mol. The Hall–Kier alpha value is -1.07. The highest BCUT2D eigenvalue weighted by atomic mass is 35.5. The fraction of sp³-hybridized carbons (Fsp3) is 0.500. The molecule has 0 atom stereocenters. The third kappa shape index (κ3) is 5.92. The molecule has 0 heterocycles. The van der Waals surface area contributed by atoms with E-state index in [-0.39, 0.29) is 10.8 Å². The van der Waals surface area contributed by atoms with Gasteiger partial charge < -0.3 is 5.32 Å². The lowest BCUT2D eigenvalue weighted by molar-refractivity contribution is 0.0952. The summed E-state index contributed by atoms with van der Waals surface area (Å²) >= 11 is 5.58. The first-order valence-corrected chi connectivity index (χ1v) is 9.02. The van der Waals surface area contributed by atoms with E-state index in [0.29, 0.717) is 18.0 Å². The van der Waals surface area contributed by atoms with E-state index in [1.54, 1.807) is 12.1 Å². The summed E-state index contributed by atoms with van der Waals surface area (Å²) in [7, 11) is -3.29. The van der Waals surface area contributed by atoms with Crippen LogP contribution in [0.15, 0.2) is 29.2 Å². The van der Waals surface area contributed by atoms with E-state index in [4.69, 9.17) is 11.6 Å². The third-order valence-electron chi connectivity index (χ3n) is 2.87. The molecule has 0 aliphatic rings. The van der Waals surface area contributed by atoms with Crippen LogP contribution < -0.4 is 5.32 Å². The van der Waals surface area contributed by atoms with Gasteiger partial charge in [0.1, 0.15) is 0 Å². The quantitative estimate of drug-likeness (QED) is 0.592. The van der Waals surface area contributed by atoms with Gasteiger partial charge in [0.25, 0.3) is 5.91 Å². The molecule has 0 aliphatic heterocycles. The number of unbranched alkanes of at least 4 members (excludes halogenated alkanes) is 3. The number of sulfone groups is 1. The van der Waals surface area contributed by atoms with Crippen LogP contribution in [0.25, 0.3) is 0 Å². The number of benzene rings is 1. The van der Waals surface area contributed by atoms with Crippen molar-refractivity contribution in [2.75, 3.05) is 18.7 Å². The van der Waals surface area contributed by atoms with Crippen LogP contribution in [0.3, 0.4) is 0 Å². The van der Waals surface area contributed by atoms with Crippen LogP contribution in [0.2, 0.25) is 0 Å². The minimum atomic E-state index is -3.29. The zero-order valence-corrected chi connectivity index (χ0v) is 13.1. The number of hydrogen-bond donors (Lipinski definition) is 1. The maximum absolute atomic E-state index is 11.9. The van der Waals surface area contributed by atoms with Crippen LogP contribution in [0.5, 0.6) is 0 Å². The molecule has 6 heteroatoms. The van der Waals surface area contributed by atoms with Crippen LogP contribution in [0.4, 0.5) is 0 Å². The first-order valence-electron chi connectivity index (χ1n) is 6.59. The number of nitrogens with one attached hydrogen (secondary N) is 1. The molecule has 0 bridgehead atoms. The van der Waals surface area contributed by atoms with Crippen molar-refractivity contribution >= 4 is 27.3 Å². The number of alkyl halides is 1. The number of carbonyl (C=O) groups is 1. The van der Waals surface area contributed by atoms with Gasteiger partial charge >= 0.3 is 0 Å². The van der Waals surface area contributed by atoms with Crippen LogP contribution >= 0.6 is 11.6 Å². The highest BCUT2D eigenvalue weighted by Crippen LogP contribution is 2.11. The smallest absolute Gasteiger partial charge is 0.251 e. The normalized spacial score (nSPS) is 11.3. The predicted molar refractivity (Wildman–Crippen MR) is 81.1 cm³/mol.